The minimum atomic E-state index is -0.0235. The van der Waals surface area contributed by atoms with Crippen LogP contribution in [-0.4, -0.2) is 13.7 Å². The van der Waals surface area contributed by atoms with Crippen molar-refractivity contribution in [2.24, 2.45) is 0 Å². The highest BCUT2D eigenvalue weighted by Gasteiger charge is 2.18. The molecule has 0 aliphatic rings. The lowest BCUT2D eigenvalue weighted by Crippen LogP contribution is -2.22. The van der Waals surface area contributed by atoms with Gasteiger partial charge in [-0.3, -0.25) is 0 Å². The Morgan fingerprint density at radius 2 is 2.15 bits per heavy atom. The molecule has 0 bridgehead atoms. The zero-order valence-electron chi connectivity index (χ0n) is 11.5. The standard InChI is InChI=1S/C15H17BrClNO2/c1-3-8-18-15(13-6-7-14(16)20-13)10-4-5-12(19-2)11(17)9-10/h4-7,9,15,18H,3,8H2,1-2H3. The highest BCUT2D eigenvalue weighted by atomic mass is 79.9. The Kier molecular flexibility index (Phi) is 5.52. The van der Waals surface area contributed by atoms with E-state index < -0.39 is 0 Å². The molecule has 0 amide bonds. The van der Waals surface area contributed by atoms with Crippen molar-refractivity contribution in [2.75, 3.05) is 13.7 Å². The Labute approximate surface area is 132 Å². The summed E-state index contributed by atoms with van der Waals surface area (Å²) in [7, 11) is 1.61. The molecule has 2 aromatic rings. The van der Waals surface area contributed by atoms with Crippen molar-refractivity contribution >= 4 is 27.5 Å². The highest BCUT2D eigenvalue weighted by molar-refractivity contribution is 9.10. The maximum absolute atomic E-state index is 6.21. The van der Waals surface area contributed by atoms with Crippen molar-refractivity contribution < 1.29 is 9.15 Å². The first-order chi connectivity index (χ1) is 9.65. The lowest BCUT2D eigenvalue weighted by Gasteiger charge is -2.17. The van der Waals surface area contributed by atoms with Gasteiger partial charge in [0.2, 0.25) is 0 Å². The Balaban J connectivity index is 2.33. The van der Waals surface area contributed by atoms with E-state index in [-0.39, 0.29) is 6.04 Å². The van der Waals surface area contributed by atoms with E-state index in [2.05, 4.69) is 28.2 Å². The van der Waals surface area contributed by atoms with Gasteiger partial charge in [-0.2, -0.15) is 0 Å². The second-order valence-corrected chi connectivity index (χ2v) is 5.61. The topological polar surface area (TPSA) is 34.4 Å². The number of benzene rings is 1. The second-order valence-electron chi connectivity index (χ2n) is 4.42. The summed E-state index contributed by atoms with van der Waals surface area (Å²) in [5, 5.41) is 4.06. The van der Waals surface area contributed by atoms with Gasteiger partial charge in [-0.1, -0.05) is 24.6 Å². The Morgan fingerprint density at radius 1 is 1.35 bits per heavy atom. The van der Waals surface area contributed by atoms with E-state index in [0.717, 1.165) is 29.0 Å². The predicted molar refractivity (Wildman–Crippen MR) is 84.5 cm³/mol. The molecule has 1 N–H and O–H groups in total. The number of nitrogens with one attached hydrogen (secondary N) is 1. The maximum atomic E-state index is 6.21. The van der Waals surface area contributed by atoms with Crippen LogP contribution in [0.1, 0.15) is 30.7 Å². The minimum Gasteiger partial charge on any atom is -0.495 e. The molecule has 0 saturated heterocycles. The first-order valence-corrected chi connectivity index (χ1v) is 7.64. The van der Waals surface area contributed by atoms with Crippen LogP contribution in [0, 0.1) is 0 Å². The smallest absolute Gasteiger partial charge is 0.169 e. The molecule has 0 radical (unpaired) electrons. The molecule has 108 valence electrons. The summed E-state index contributed by atoms with van der Waals surface area (Å²) in [6.45, 7) is 3.02. The quantitative estimate of drug-likeness (QED) is 0.806. The van der Waals surface area contributed by atoms with Crippen LogP contribution in [-0.2, 0) is 0 Å². The minimum absolute atomic E-state index is 0.0235. The molecule has 3 nitrogen and oxygen atoms in total. The third-order valence-corrected chi connectivity index (χ3v) is 3.71. The van der Waals surface area contributed by atoms with Crippen LogP contribution in [0.4, 0.5) is 0 Å². The Hall–Kier alpha value is -0.970. The van der Waals surface area contributed by atoms with Crippen molar-refractivity contribution in [3.63, 3.8) is 0 Å². The summed E-state index contributed by atoms with van der Waals surface area (Å²) in [6, 6.07) is 9.59. The molecule has 0 aliphatic heterocycles. The molecule has 0 spiro atoms. The maximum Gasteiger partial charge on any atom is 0.169 e. The molecule has 1 heterocycles. The monoisotopic (exact) mass is 357 g/mol. The van der Waals surface area contributed by atoms with Crippen LogP contribution in [0.15, 0.2) is 39.4 Å². The van der Waals surface area contributed by atoms with Crippen molar-refractivity contribution in [3.05, 3.63) is 51.3 Å². The SMILES string of the molecule is CCCNC(c1ccc(OC)c(Cl)c1)c1ccc(Br)o1. The van der Waals surface area contributed by atoms with Crippen molar-refractivity contribution in [1.82, 2.24) is 5.32 Å². The Morgan fingerprint density at radius 3 is 2.70 bits per heavy atom. The van der Waals surface area contributed by atoms with Gasteiger partial charge >= 0.3 is 0 Å². The van der Waals surface area contributed by atoms with Gasteiger partial charge in [0.25, 0.3) is 0 Å². The normalized spacial score (nSPS) is 12.4. The van der Waals surface area contributed by atoms with E-state index in [9.17, 15) is 0 Å². The van der Waals surface area contributed by atoms with Gasteiger partial charge in [0.1, 0.15) is 11.5 Å². The molecule has 5 heteroatoms. The molecule has 0 fully saturated rings. The molecular weight excluding hydrogens is 342 g/mol. The molecule has 0 saturated carbocycles. The fourth-order valence-electron chi connectivity index (χ4n) is 2.02. The molecule has 1 aromatic heterocycles. The number of halogens is 2. The van der Waals surface area contributed by atoms with Crippen molar-refractivity contribution in [2.45, 2.75) is 19.4 Å². The van der Waals surface area contributed by atoms with Crippen LogP contribution < -0.4 is 10.1 Å². The number of rotatable bonds is 6. The molecule has 20 heavy (non-hydrogen) atoms. The van der Waals surface area contributed by atoms with Crippen LogP contribution >= 0.6 is 27.5 Å². The molecule has 0 aliphatic carbocycles. The van der Waals surface area contributed by atoms with E-state index in [1.54, 1.807) is 7.11 Å². The zero-order valence-corrected chi connectivity index (χ0v) is 13.8. The van der Waals surface area contributed by atoms with Crippen LogP contribution in [0.25, 0.3) is 0 Å². The van der Waals surface area contributed by atoms with Crippen molar-refractivity contribution in [1.29, 1.82) is 0 Å². The largest absolute Gasteiger partial charge is 0.495 e. The summed E-state index contributed by atoms with van der Waals surface area (Å²) in [4.78, 5) is 0. The average molecular weight is 359 g/mol. The zero-order chi connectivity index (χ0) is 14.5. The summed E-state index contributed by atoms with van der Waals surface area (Å²) in [6.07, 6.45) is 1.04. The summed E-state index contributed by atoms with van der Waals surface area (Å²) in [5.74, 6) is 1.52. The number of methoxy groups -OCH3 is 1. The predicted octanol–water partition coefficient (Wildman–Crippen LogP) is 4.79. The van der Waals surface area contributed by atoms with Gasteiger partial charge in [-0.15, -0.1) is 0 Å². The summed E-state index contributed by atoms with van der Waals surface area (Å²) < 4.78 is 11.6. The molecule has 1 aromatic carbocycles. The van der Waals surface area contributed by atoms with E-state index in [1.165, 1.54) is 0 Å². The average Bonchev–Trinajstić information content (AvgIpc) is 2.86. The van der Waals surface area contributed by atoms with Crippen LogP contribution in [0.5, 0.6) is 5.75 Å². The first kappa shape index (κ1) is 15.4. The van der Waals surface area contributed by atoms with Gasteiger partial charge in [-0.25, -0.2) is 0 Å². The molecule has 2 rings (SSSR count). The summed E-state index contributed by atoms with van der Waals surface area (Å²) >= 11 is 9.55. The number of ether oxygens (including phenoxy) is 1. The van der Waals surface area contributed by atoms with E-state index in [4.69, 9.17) is 20.8 Å². The van der Waals surface area contributed by atoms with Gasteiger partial charge < -0.3 is 14.5 Å². The molecular formula is C15H17BrClNO2. The number of hydrogen-bond donors (Lipinski definition) is 1. The van der Waals surface area contributed by atoms with Gasteiger partial charge in [-0.05, 0) is 58.7 Å². The van der Waals surface area contributed by atoms with Gasteiger partial charge in [0, 0.05) is 0 Å². The third kappa shape index (κ3) is 3.57. The van der Waals surface area contributed by atoms with E-state index >= 15 is 0 Å². The van der Waals surface area contributed by atoms with Gasteiger partial charge in [0.05, 0.1) is 18.2 Å². The molecule has 1 unspecified atom stereocenters. The van der Waals surface area contributed by atoms with Crippen molar-refractivity contribution in [3.8, 4) is 5.75 Å². The second kappa shape index (κ2) is 7.16. The molecule has 1 atom stereocenters. The highest BCUT2D eigenvalue weighted by Crippen LogP contribution is 2.31. The first-order valence-electron chi connectivity index (χ1n) is 6.47. The summed E-state index contributed by atoms with van der Waals surface area (Å²) in [5.41, 5.74) is 1.05. The lowest BCUT2D eigenvalue weighted by molar-refractivity contribution is 0.413. The Bertz CT molecular complexity index is 571. The van der Waals surface area contributed by atoms with E-state index in [0.29, 0.717) is 10.8 Å². The van der Waals surface area contributed by atoms with Crippen LogP contribution in [0.3, 0.4) is 0 Å². The number of furan rings is 1. The van der Waals surface area contributed by atoms with E-state index in [1.807, 2.05) is 30.3 Å². The fourth-order valence-corrected chi connectivity index (χ4v) is 2.60. The lowest BCUT2D eigenvalue weighted by atomic mass is 10.0. The van der Waals surface area contributed by atoms with Gasteiger partial charge in [0.15, 0.2) is 4.67 Å². The number of hydrogen-bond acceptors (Lipinski definition) is 3. The fraction of sp³-hybridized carbons (Fsp3) is 0.333. The third-order valence-electron chi connectivity index (χ3n) is 2.99. The van der Waals surface area contributed by atoms with Crippen LogP contribution in [0.2, 0.25) is 5.02 Å².